The summed E-state index contributed by atoms with van der Waals surface area (Å²) in [5.41, 5.74) is 2.97. The Labute approximate surface area is 179 Å². The predicted octanol–water partition coefficient (Wildman–Crippen LogP) is 5.46. The first-order valence-electron chi connectivity index (χ1n) is 8.74. The Hall–Kier alpha value is -2.02. The smallest absolute Gasteiger partial charge is 0.266 e. The monoisotopic (exact) mass is 433 g/mol. The highest BCUT2D eigenvalue weighted by Gasteiger charge is 2.30. The van der Waals surface area contributed by atoms with E-state index in [1.54, 1.807) is 30.2 Å². The van der Waals surface area contributed by atoms with Gasteiger partial charge in [0.15, 0.2) is 11.5 Å². The zero-order valence-corrected chi connectivity index (χ0v) is 18.2. The third-order valence-corrected chi connectivity index (χ3v) is 6.03. The minimum absolute atomic E-state index is 0.0903. The molecule has 2 aromatic carbocycles. The van der Waals surface area contributed by atoms with E-state index in [4.69, 9.17) is 33.3 Å². The number of rotatable bonds is 6. The fourth-order valence-electron chi connectivity index (χ4n) is 2.81. The number of amides is 1. The van der Waals surface area contributed by atoms with Crippen molar-refractivity contribution in [2.45, 2.75) is 20.5 Å². The lowest BCUT2D eigenvalue weighted by Gasteiger charge is -2.14. The van der Waals surface area contributed by atoms with Crippen molar-refractivity contribution in [2.24, 2.45) is 0 Å². The molecule has 3 rings (SSSR count). The molecule has 1 heterocycles. The van der Waals surface area contributed by atoms with Crippen molar-refractivity contribution < 1.29 is 14.3 Å². The fourth-order valence-corrected chi connectivity index (χ4v) is 4.47. The van der Waals surface area contributed by atoms with Crippen LogP contribution in [0.25, 0.3) is 6.08 Å². The SMILES string of the molecule is CCN1C(=O)/C(=C\c2cc(Cl)c(OCc3ccccc3C)c(OC)c2)SC1=S. The van der Waals surface area contributed by atoms with Crippen molar-refractivity contribution in [1.29, 1.82) is 0 Å². The summed E-state index contributed by atoms with van der Waals surface area (Å²) in [6.45, 7) is 4.87. The van der Waals surface area contributed by atoms with Gasteiger partial charge in [-0.25, -0.2) is 0 Å². The standard InChI is InChI=1S/C21H20ClNO3S2/c1-4-23-20(24)18(28-21(23)27)11-14-9-16(22)19(17(10-14)25-3)26-12-15-8-6-5-7-13(15)2/h5-11H,4,12H2,1-3H3/b18-11+. The van der Waals surface area contributed by atoms with E-state index in [1.165, 1.54) is 11.8 Å². The number of nitrogens with zero attached hydrogens (tertiary/aromatic N) is 1. The van der Waals surface area contributed by atoms with Crippen LogP contribution in [0.2, 0.25) is 5.02 Å². The predicted molar refractivity (Wildman–Crippen MR) is 119 cm³/mol. The molecule has 0 aliphatic carbocycles. The first-order valence-corrected chi connectivity index (χ1v) is 10.3. The molecule has 0 atom stereocenters. The molecule has 0 aromatic heterocycles. The Morgan fingerprint density at radius 2 is 2.04 bits per heavy atom. The van der Waals surface area contributed by atoms with Crippen LogP contribution in [0.15, 0.2) is 41.3 Å². The number of aryl methyl sites for hydroxylation is 1. The number of hydrogen-bond acceptors (Lipinski definition) is 5. The minimum Gasteiger partial charge on any atom is -0.493 e. The molecule has 1 saturated heterocycles. The highest BCUT2D eigenvalue weighted by molar-refractivity contribution is 8.26. The lowest BCUT2D eigenvalue weighted by Crippen LogP contribution is -2.27. The van der Waals surface area contributed by atoms with Crippen molar-refractivity contribution in [2.75, 3.05) is 13.7 Å². The molecule has 2 aromatic rings. The van der Waals surface area contributed by atoms with Gasteiger partial charge in [0.1, 0.15) is 10.9 Å². The number of carbonyl (C=O) groups excluding carboxylic acids is 1. The molecule has 1 fully saturated rings. The number of ether oxygens (including phenoxy) is 2. The van der Waals surface area contributed by atoms with Gasteiger partial charge < -0.3 is 9.47 Å². The van der Waals surface area contributed by atoms with Crippen molar-refractivity contribution in [1.82, 2.24) is 4.90 Å². The van der Waals surface area contributed by atoms with E-state index >= 15 is 0 Å². The van der Waals surface area contributed by atoms with Crippen molar-refractivity contribution in [3.05, 3.63) is 63.0 Å². The van der Waals surface area contributed by atoms with Crippen molar-refractivity contribution in [3.8, 4) is 11.5 Å². The molecule has 0 unspecified atom stereocenters. The second-order valence-corrected chi connectivity index (χ2v) is 8.26. The van der Waals surface area contributed by atoms with Crippen LogP contribution in [0, 0.1) is 6.92 Å². The maximum absolute atomic E-state index is 12.4. The van der Waals surface area contributed by atoms with Gasteiger partial charge in [-0.2, -0.15) is 0 Å². The molecule has 7 heteroatoms. The van der Waals surface area contributed by atoms with E-state index in [-0.39, 0.29) is 5.91 Å². The van der Waals surface area contributed by atoms with Gasteiger partial charge in [-0.15, -0.1) is 0 Å². The molecular formula is C21H20ClNO3S2. The summed E-state index contributed by atoms with van der Waals surface area (Å²) in [5.74, 6) is 0.899. The van der Waals surface area contributed by atoms with Crippen LogP contribution in [-0.4, -0.2) is 28.8 Å². The summed E-state index contributed by atoms with van der Waals surface area (Å²) in [6.07, 6.45) is 1.77. The molecule has 0 bridgehead atoms. The van der Waals surface area contributed by atoms with E-state index in [0.717, 1.165) is 16.7 Å². The van der Waals surface area contributed by atoms with Crippen LogP contribution < -0.4 is 9.47 Å². The van der Waals surface area contributed by atoms with E-state index < -0.39 is 0 Å². The van der Waals surface area contributed by atoms with Crippen LogP contribution in [0.5, 0.6) is 11.5 Å². The normalized spacial score (nSPS) is 15.4. The zero-order chi connectivity index (χ0) is 20.3. The Balaban J connectivity index is 1.86. The van der Waals surface area contributed by atoms with Gasteiger partial charge in [-0.3, -0.25) is 9.69 Å². The second-order valence-electron chi connectivity index (χ2n) is 6.18. The molecule has 0 saturated carbocycles. The highest BCUT2D eigenvalue weighted by atomic mass is 35.5. The lowest BCUT2D eigenvalue weighted by molar-refractivity contribution is -0.121. The van der Waals surface area contributed by atoms with Gasteiger partial charge in [-0.1, -0.05) is 59.8 Å². The van der Waals surface area contributed by atoms with E-state index in [0.29, 0.717) is 38.9 Å². The van der Waals surface area contributed by atoms with E-state index in [9.17, 15) is 4.79 Å². The summed E-state index contributed by atoms with van der Waals surface area (Å²) in [5, 5.41) is 0.421. The van der Waals surface area contributed by atoms with Crippen LogP contribution in [0.4, 0.5) is 0 Å². The molecule has 0 spiro atoms. The van der Waals surface area contributed by atoms with Gasteiger partial charge >= 0.3 is 0 Å². The van der Waals surface area contributed by atoms with Crippen LogP contribution in [-0.2, 0) is 11.4 Å². The third-order valence-electron chi connectivity index (χ3n) is 4.37. The lowest BCUT2D eigenvalue weighted by atomic mass is 10.1. The molecule has 1 aliphatic rings. The molecule has 1 amide bonds. The highest BCUT2D eigenvalue weighted by Crippen LogP contribution is 2.39. The Kier molecular flexibility index (Phi) is 6.65. The number of thioether (sulfide) groups is 1. The van der Waals surface area contributed by atoms with E-state index in [1.807, 2.05) is 38.1 Å². The number of likely N-dealkylation sites (N-methyl/N-ethyl adjacent to an activating group) is 1. The molecule has 1 aliphatic heterocycles. The molecule has 4 nitrogen and oxygen atoms in total. The van der Waals surface area contributed by atoms with Crippen molar-refractivity contribution >= 4 is 51.9 Å². The number of hydrogen-bond donors (Lipinski definition) is 0. The number of halogens is 1. The minimum atomic E-state index is -0.0903. The molecule has 146 valence electrons. The van der Waals surface area contributed by atoms with Gasteiger partial charge in [0.05, 0.1) is 17.0 Å². The number of carbonyl (C=O) groups is 1. The first kappa shape index (κ1) is 20.7. The zero-order valence-electron chi connectivity index (χ0n) is 15.8. The van der Waals surface area contributed by atoms with Gasteiger partial charge in [0, 0.05) is 6.54 Å². The number of thiocarbonyl (C=S) groups is 1. The average molecular weight is 434 g/mol. The average Bonchev–Trinajstić information content (AvgIpc) is 2.94. The van der Waals surface area contributed by atoms with Crippen molar-refractivity contribution in [3.63, 3.8) is 0 Å². The molecule has 0 N–H and O–H groups in total. The van der Waals surface area contributed by atoms with Gasteiger partial charge in [0.25, 0.3) is 5.91 Å². The molecular weight excluding hydrogens is 414 g/mol. The van der Waals surface area contributed by atoms with Gasteiger partial charge in [-0.05, 0) is 48.7 Å². The largest absolute Gasteiger partial charge is 0.493 e. The maximum Gasteiger partial charge on any atom is 0.266 e. The van der Waals surface area contributed by atoms with Crippen LogP contribution in [0.3, 0.4) is 0 Å². The number of benzene rings is 2. The first-order chi connectivity index (χ1) is 13.4. The topological polar surface area (TPSA) is 38.8 Å². The summed E-state index contributed by atoms with van der Waals surface area (Å²) >= 11 is 13.0. The summed E-state index contributed by atoms with van der Waals surface area (Å²) in [7, 11) is 1.56. The second kappa shape index (κ2) is 8.99. The summed E-state index contributed by atoms with van der Waals surface area (Å²) in [6, 6.07) is 11.6. The summed E-state index contributed by atoms with van der Waals surface area (Å²) in [4.78, 5) is 14.6. The summed E-state index contributed by atoms with van der Waals surface area (Å²) < 4.78 is 12.0. The van der Waals surface area contributed by atoms with Gasteiger partial charge in [0.2, 0.25) is 0 Å². The van der Waals surface area contributed by atoms with Crippen LogP contribution in [0.1, 0.15) is 23.6 Å². The third kappa shape index (κ3) is 4.35. The Morgan fingerprint density at radius 3 is 2.68 bits per heavy atom. The molecule has 28 heavy (non-hydrogen) atoms. The van der Waals surface area contributed by atoms with E-state index in [2.05, 4.69) is 0 Å². The number of methoxy groups -OCH3 is 1. The maximum atomic E-state index is 12.4. The molecule has 0 radical (unpaired) electrons. The Morgan fingerprint density at radius 1 is 1.29 bits per heavy atom. The Bertz CT molecular complexity index is 959. The van der Waals surface area contributed by atoms with Crippen LogP contribution >= 0.6 is 35.6 Å². The fraction of sp³-hybridized carbons (Fsp3) is 0.238. The quantitative estimate of drug-likeness (QED) is 0.447.